The smallest absolute Gasteiger partial charge is 0.336 e. The van der Waals surface area contributed by atoms with Crippen molar-refractivity contribution in [3.63, 3.8) is 0 Å². The SMILES string of the molecule is CCOC(=O)C1=C(C)NC2=C(C(=O)[C@H](C(=O)OCC)[C@H](c3cccc(OC)c3)C2)[C@@H]1c1ccc(OCc2ccccc2)c(OC)c1. The van der Waals surface area contributed by atoms with E-state index in [1.165, 1.54) is 7.11 Å². The Bertz CT molecular complexity index is 1680. The van der Waals surface area contributed by atoms with Gasteiger partial charge in [0.25, 0.3) is 0 Å². The lowest BCUT2D eigenvalue weighted by atomic mass is 9.67. The number of esters is 2. The van der Waals surface area contributed by atoms with Crippen LogP contribution in [0.25, 0.3) is 0 Å². The Morgan fingerprint density at radius 3 is 2.30 bits per heavy atom. The van der Waals surface area contributed by atoms with Gasteiger partial charge in [-0.05, 0) is 68.1 Å². The average molecular weight is 626 g/mol. The number of hydrogen-bond acceptors (Lipinski definition) is 9. The standard InChI is InChI=1S/C37H39NO8/c1-6-44-36(40)31-22(3)38-28-20-27(24-14-11-15-26(18-24)42-4)33(37(41)45-7-2)35(39)34(28)32(31)25-16-17-29(30(19-25)43-5)46-21-23-12-9-8-10-13-23/h8-19,27,32-33,38H,6-7,20-21H2,1-5H3/t27-,32+,33+/m0/s1. The summed E-state index contributed by atoms with van der Waals surface area (Å²) in [6.07, 6.45) is 0.330. The third kappa shape index (κ3) is 6.49. The highest BCUT2D eigenvalue weighted by Gasteiger charge is 2.49. The van der Waals surface area contributed by atoms with Crippen LogP contribution in [-0.4, -0.2) is 45.2 Å². The van der Waals surface area contributed by atoms with Crippen molar-refractivity contribution in [1.82, 2.24) is 5.32 Å². The van der Waals surface area contributed by atoms with Gasteiger partial charge in [0, 0.05) is 28.8 Å². The summed E-state index contributed by atoms with van der Waals surface area (Å²) in [5.74, 6) is -2.50. The lowest BCUT2D eigenvalue weighted by Gasteiger charge is -2.39. The number of allylic oxidation sites excluding steroid dienone is 3. The van der Waals surface area contributed by atoms with Crippen molar-refractivity contribution in [3.8, 4) is 17.2 Å². The molecule has 46 heavy (non-hydrogen) atoms. The van der Waals surface area contributed by atoms with Crippen LogP contribution in [0.1, 0.15) is 55.7 Å². The second-order valence-corrected chi connectivity index (χ2v) is 11.1. The van der Waals surface area contributed by atoms with Gasteiger partial charge in [-0.25, -0.2) is 4.79 Å². The molecule has 0 saturated carbocycles. The van der Waals surface area contributed by atoms with E-state index in [1.54, 1.807) is 40.0 Å². The van der Waals surface area contributed by atoms with Gasteiger partial charge in [-0.2, -0.15) is 0 Å². The lowest BCUT2D eigenvalue weighted by Crippen LogP contribution is -2.43. The summed E-state index contributed by atoms with van der Waals surface area (Å²) >= 11 is 0. The molecule has 0 bridgehead atoms. The van der Waals surface area contributed by atoms with Crippen LogP contribution in [0.5, 0.6) is 17.2 Å². The quantitative estimate of drug-likeness (QED) is 0.203. The number of carbonyl (C=O) groups excluding carboxylic acids is 3. The van der Waals surface area contributed by atoms with Gasteiger partial charge < -0.3 is 29.0 Å². The number of nitrogens with one attached hydrogen (secondary N) is 1. The normalized spacial score (nSPS) is 19.2. The number of dihydropyridines is 1. The first-order chi connectivity index (χ1) is 22.3. The number of benzene rings is 3. The molecule has 1 aliphatic carbocycles. The summed E-state index contributed by atoms with van der Waals surface area (Å²) < 4.78 is 28.2. The Morgan fingerprint density at radius 2 is 1.61 bits per heavy atom. The minimum Gasteiger partial charge on any atom is -0.497 e. The molecule has 0 saturated heterocycles. The van der Waals surface area contributed by atoms with E-state index in [1.807, 2.05) is 60.7 Å². The van der Waals surface area contributed by atoms with Gasteiger partial charge in [0.1, 0.15) is 18.3 Å². The van der Waals surface area contributed by atoms with Crippen molar-refractivity contribution in [2.45, 2.75) is 45.6 Å². The van der Waals surface area contributed by atoms with Gasteiger partial charge >= 0.3 is 11.9 Å². The molecule has 5 rings (SSSR count). The summed E-state index contributed by atoms with van der Waals surface area (Å²) in [5, 5.41) is 3.33. The molecular weight excluding hydrogens is 586 g/mol. The number of hydrogen-bond donors (Lipinski definition) is 1. The van der Waals surface area contributed by atoms with E-state index in [4.69, 9.17) is 23.7 Å². The van der Waals surface area contributed by atoms with Crippen LogP contribution < -0.4 is 19.5 Å². The van der Waals surface area contributed by atoms with Gasteiger partial charge in [-0.3, -0.25) is 9.59 Å². The molecule has 2 aliphatic rings. The number of carbonyl (C=O) groups is 3. The molecule has 240 valence electrons. The van der Waals surface area contributed by atoms with Crippen LogP contribution in [0.15, 0.2) is 95.3 Å². The first kappa shape index (κ1) is 32.3. The summed E-state index contributed by atoms with van der Waals surface area (Å²) in [6.45, 7) is 5.83. The minimum atomic E-state index is -1.13. The molecule has 0 fully saturated rings. The van der Waals surface area contributed by atoms with Crippen LogP contribution in [0, 0.1) is 5.92 Å². The number of methoxy groups -OCH3 is 2. The second kappa shape index (κ2) is 14.4. The lowest BCUT2D eigenvalue weighted by molar-refractivity contribution is -0.152. The van der Waals surface area contributed by atoms with E-state index >= 15 is 0 Å². The maximum atomic E-state index is 14.7. The Labute approximate surface area is 269 Å². The van der Waals surface area contributed by atoms with Crippen molar-refractivity contribution >= 4 is 17.7 Å². The third-order valence-corrected chi connectivity index (χ3v) is 8.34. The molecule has 0 amide bonds. The summed E-state index contributed by atoms with van der Waals surface area (Å²) in [5.41, 5.74) is 4.20. The fourth-order valence-corrected chi connectivity index (χ4v) is 6.25. The minimum absolute atomic E-state index is 0.121. The Hall–Kier alpha value is -5.05. The molecule has 9 nitrogen and oxygen atoms in total. The van der Waals surface area contributed by atoms with E-state index in [9.17, 15) is 14.4 Å². The van der Waals surface area contributed by atoms with Gasteiger partial charge in [-0.1, -0.05) is 48.5 Å². The second-order valence-electron chi connectivity index (χ2n) is 11.1. The molecule has 9 heteroatoms. The van der Waals surface area contributed by atoms with E-state index in [0.29, 0.717) is 52.8 Å². The molecule has 1 aliphatic heterocycles. The highest BCUT2D eigenvalue weighted by molar-refractivity contribution is 6.13. The highest BCUT2D eigenvalue weighted by Crippen LogP contribution is 2.49. The summed E-state index contributed by atoms with van der Waals surface area (Å²) in [6, 6.07) is 22.5. The van der Waals surface area contributed by atoms with Crippen molar-refractivity contribution in [2.75, 3.05) is 27.4 Å². The van der Waals surface area contributed by atoms with Crippen LogP contribution in [0.2, 0.25) is 0 Å². The predicted octanol–water partition coefficient (Wildman–Crippen LogP) is 6.00. The van der Waals surface area contributed by atoms with Crippen LogP contribution in [-0.2, 0) is 30.5 Å². The van der Waals surface area contributed by atoms with Crippen LogP contribution >= 0.6 is 0 Å². The van der Waals surface area contributed by atoms with Crippen molar-refractivity contribution in [3.05, 3.63) is 112 Å². The predicted molar refractivity (Wildman–Crippen MR) is 171 cm³/mol. The number of ether oxygens (including phenoxy) is 5. The van der Waals surface area contributed by atoms with Gasteiger partial charge in [-0.15, -0.1) is 0 Å². The van der Waals surface area contributed by atoms with Gasteiger partial charge in [0.15, 0.2) is 17.3 Å². The molecule has 0 aromatic heterocycles. The molecule has 1 heterocycles. The van der Waals surface area contributed by atoms with E-state index in [2.05, 4.69) is 5.32 Å². The Morgan fingerprint density at radius 1 is 0.848 bits per heavy atom. The summed E-state index contributed by atoms with van der Waals surface area (Å²) in [4.78, 5) is 41.7. The van der Waals surface area contributed by atoms with E-state index in [-0.39, 0.29) is 18.8 Å². The van der Waals surface area contributed by atoms with Crippen molar-refractivity contribution in [2.24, 2.45) is 5.92 Å². The first-order valence-electron chi connectivity index (χ1n) is 15.4. The molecular formula is C37H39NO8. The molecule has 0 unspecified atom stereocenters. The van der Waals surface area contributed by atoms with E-state index in [0.717, 1.165) is 11.1 Å². The maximum Gasteiger partial charge on any atom is 0.336 e. The van der Waals surface area contributed by atoms with Crippen LogP contribution in [0.3, 0.4) is 0 Å². The molecule has 0 spiro atoms. The fraction of sp³-hybridized carbons (Fsp3) is 0.324. The maximum absolute atomic E-state index is 14.7. The zero-order valence-electron chi connectivity index (χ0n) is 26.8. The van der Waals surface area contributed by atoms with Crippen molar-refractivity contribution in [1.29, 1.82) is 0 Å². The topological polar surface area (TPSA) is 109 Å². The first-order valence-corrected chi connectivity index (χ1v) is 15.4. The average Bonchev–Trinajstić information content (AvgIpc) is 3.07. The monoisotopic (exact) mass is 625 g/mol. The molecule has 1 N–H and O–H groups in total. The zero-order chi connectivity index (χ0) is 32.8. The van der Waals surface area contributed by atoms with Gasteiger partial charge in [0.2, 0.25) is 0 Å². The van der Waals surface area contributed by atoms with E-state index < -0.39 is 35.5 Å². The molecule has 3 aromatic rings. The molecule has 3 aromatic carbocycles. The highest BCUT2D eigenvalue weighted by atomic mass is 16.5. The Balaban J connectivity index is 1.62. The number of ketones is 1. The number of rotatable bonds is 11. The van der Waals surface area contributed by atoms with Crippen LogP contribution in [0.4, 0.5) is 0 Å². The summed E-state index contributed by atoms with van der Waals surface area (Å²) in [7, 11) is 3.11. The third-order valence-electron chi connectivity index (χ3n) is 8.34. The van der Waals surface area contributed by atoms with Crippen molar-refractivity contribution < 1.29 is 38.1 Å². The Kier molecular flexibility index (Phi) is 10.1. The zero-order valence-corrected chi connectivity index (χ0v) is 26.8. The van der Waals surface area contributed by atoms with Gasteiger partial charge in [0.05, 0.1) is 33.0 Å². The molecule has 3 atom stereocenters. The largest absolute Gasteiger partial charge is 0.497 e. The molecule has 0 radical (unpaired) electrons. The fourth-order valence-electron chi connectivity index (χ4n) is 6.25. The number of Topliss-reactive ketones (excluding diaryl/α,β-unsaturated/α-hetero) is 1.